The van der Waals surface area contributed by atoms with Crippen molar-refractivity contribution in [2.45, 2.75) is 32.4 Å². The minimum Gasteiger partial charge on any atom is -0.387 e. The Kier molecular flexibility index (Phi) is 5.59. The van der Waals surface area contributed by atoms with Crippen molar-refractivity contribution in [2.75, 3.05) is 13.1 Å². The molecule has 1 rings (SSSR count). The van der Waals surface area contributed by atoms with Gasteiger partial charge in [0, 0.05) is 23.7 Å². The summed E-state index contributed by atoms with van der Waals surface area (Å²) >= 11 is 0. The highest BCUT2D eigenvalue weighted by Gasteiger charge is 2.16. The normalized spacial score (nSPS) is 13.1. The SMILES string of the molecule is CC(C)(C)NC(=O)CNCC(O)c1ccc(F)cc1F. The average molecular weight is 286 g/mol. The zero-order chi connectivity index (χ0) is 15.3. The van der Waals surface area contributed by atoms with Crippen LogP contribution in [0.1, 0.15) is 32.4 Å². The molecule has 3 N–H and O–H groups in total. The second-order valence-electron chi connectivity index (χ2n) is 5.61. The van der Waals surface area contributed by atoms with Gasteiger partial charge in [-0.25, -0.2) is 8.78 Å². The van der Waals surface area contributed by atoms with Crippen molar-refractivity contribution < 1.29 is 18.7 Å². The lowest BCUT2D eigenvalue weighted by atomic mass is 10.1. The largest absolute Gasteiger partial charge is 0.387 e. The van der Waals surface area contributed by atoms with Crippen LogP contribution in [0.15, 0.2) is 18.2 Å². The highest BCUT2D eigenvalue weighted by molar-refractivity contribution is 5.78. The third kappa shape index (κ3) is 5.63. The maximum Gasteiger partial charge on any atom is 0.234 e. The van der Waals surface area contributed by atoms with E-state index >= 15 is 0 Å². The van der Waals surface area contributed by atoms with Crippen molar-refractivity contribution in [3.8, 4) is 0 Å². The molecule has 0 aliphatic heterocycles. The summed E-state index contributed by atoms with van der Waals surface area (Å²) in [4.78, 5) is 11.5. The van der Waals surface area contributed by atoms with Gasteiger partial charge in [-0.05, 0) is 26.8 Å². The van der Waals surface area contributed by atoms with Gasteiger partial charge >= 0.3 is 0 Å². The molecule has 1 aromatic rings. The van der Waals surface area contributed by atoms with Crippen molar-refractivity contribution >= 4 is 5.91 Å². The lowest BCUT2D eigenvalue weighted by Gasteiger charge is -2.21. The van der Waals surface area contributed by atoms with Crippen molar-refractivity contribution in [1.82, 2.24) is 10.6 Å². The summed E-state index contributed by atoms with van der Waals surface area (Å²) in [7, 11) is 0. The van der Waals surface area contributed by atoms with Gasteiger partial charge in [-0.3, -0.25) is 4.79 Å². The average Bonchev–Trinajstić information content (AvgIpc) is 2.25. The fourth-order valence-corrected chi connectivity index (χ4v) is 1.67. The van der Waals surface area contributed by atoms with Crippen molar-refractivity contribution in [3.05, 3.63) is 35.4 Å². The number of halogens is 2. The number of benzene rings is 1. The maximum atomic E-state index is 13.4. The summed E-state index contributed by atoms with van der Waals surface area (Å²) in [6.07, 6.45) is -1.14. The van der Waals surface area contributed by atoms with Crippen molar-refractivity contribution in [1.29, 1.82) is 0 Å². The maximum absolute atomic E-state index is 13.4. The molecule has 1 unspecified atom stereocenters. The Morgan fingerprint density at radius 3 is 2.55 bits per heavy atom. The molecule has 0 saturated heterocycles. The molecule has 1 amide bonds. The van der Waals surface area contributed by atoms with Crippen LogP contribution in [0.5, 0.6) is 0 Å². The molecule has 0 aromatic heterocycles. The van der Waals surface area contributed by atoms with E-state index in [9.17, 15) is 18.7 Å². The predicted molar refractivity (Wildman–Crippen MR) is 72.1 cm³/mol. The molecule has 0 aliphatic rings. The van der Waals surface area contributed by atoms with Crippen LogP contribution in [-0.4, -0.2) is 29.6 Å². The topological polar surface area (TPSA) is 61.4 Å². The van der Waals surface area contributed by atoms with E-state index < -0.39 is 17.7 Å². The molecule has 1 aromatic carbocycles. The minimum absolute atomic E-state index is 0.000114. The Labute approximate surface area is 117 Å². The fourth-order valence-electron chi connectivity index (χ4n) is 1.67. The van der Waals surface area contributed by atoms with Crippen LogP contribution >= 0.6 is 0 Å². The second kappa shape index (κ2) is 6.76. The summed E-state index contributed by atoms with van der Waals surface area (Å²) in [5.41, 5.74) is -0.337. The lowest BCUT2D eigenvalue weighted by Crippen LogP contribution is -2.45. The standard InChI is InChI=1S/C14H20F2N2O2/c1-14(2,3)18-13(20)8-17-7-12(19)10-5-4-9(15)6-11(10)16/h4-6,12,17,19H,7-8H2,1-3H3,(H,18,20). The number of hydrogen-bond donors (Lipinski definition) is 3. The number of carbonyl (C=O) groups is 1. The molecule has 0 fully saturated rings. The highest BCUT2D eigenvalue weighted by atomic mass is 19.1. The molecule has 0 saturated carbocycles. The fraction of sp³-hybridized carbons (Fsp3) is 0.500. The van der Waals surface area contributed by atoms with Gasteiger partial charge in [0.05, 0.1) is 12.6 Å². The minimum atomic E-state index is -1.14. The van der Waals surface area contributed by atoms with E-state index in [-0.39, 0.29) is 30.1 Å². The molecule has 0 bridgehead atoms. The number of aliphatic hydroxyl groups excluding tert-OH is 1. The Hall–Kier alpha value is -1.53. The van der Waals surface area contributed by atoms with E-state index in [1.807, 2.05) is 20.8 Å². The zero-order valence-corrected chi connectivity index (χ0v) is 11.8. The molecule has 0 aliphatic carbocycles. The molecule has 1 atom stereocenters. The molecule has 4 nitrogen and oxygen atoms in total. The third-order valence-corrected chi connectivity index (χ3v) is 2.46. The Morgan fingerprint density at radius 1 is 1.35 bits per heavy atom. The Bertz CT molecular complexity index is 473. The van der Waals surface area contributed by atoms with Crippen LogP contribution in [0, 0.1) is 11.6 Å². The number of hydrogen-bond acceptors (Lipinski definition) is 3. The van der Waals surface area contributed by atoms with Gasteiger partial charge in [-0.1, -0.05) is 6.07 Å². The van der Waals surface area contributed by atoms with Crippen LogP contribution in [0.3, 0.4) is 0 Å². The van der Waals surface area contributed by atoms with Gasteiger partial charge in [0.2, 0.25) is 5.91 Å². The third-order valence-electron chi connectivity index (χ3n) is 2.46. The first-order chi connectivity index (χ1) is 9.19. The molecule has 0 heterocycles. The van der Waals surface area contributed by atoms with Crippen molar-refractivity contribution in [3.63, 3.8) is 0 Å². The van der Waals surface area contributed by atoms with Gasteiger partial charge in [0.25, 0.3) is 0 Å². The molecule has 0 spiro atoms. The molecule has 112 valence electrons. The monoisotopic (exact) mass is 286 g/mol. The Morgan fingerprint density at radius 2 is 2.00 bits per heavy atom. The van der Waals surface area contributed by atoms with Crippen LogP contribution < -0.4 is 10.6 Å². The molecular formula is C14H20F2N2O2. The lowest BCUT2D eigenvalue weighted by molar-refractivity contribution is -0.121. The summed E-state index contributed by atoms with van der Waals surface area (Å²) < 4.78 is 26.1. The van der Waals surface area contributed by atoms with Gasteiger partial charge in [-0.15, -0.1) is 0 Å². The number of amides is 1. The number of carbonyl (C=O) groups excluding carboxylic acids is 1. The van der Waals surface area contributed by atoms with E-state index in [2.05, 4.69) is 10.6 Å². The molecule has 20 heavy (non-hydrogen) atoms. The molecular weight excluding hydrogens is 266 g/mol. The summed E-state index contributed by atoms with van der Waals surface area (Å²) in [5.74, 6) is -1.72. The summed E-state index contributed by atoms with van der Waals surface area (Å²) in [6.45, 7) is 5.58. The van der Waals surface area contributed by atoms with Crippen LogP contribution in [0.2, 0.25) is 0 Å². The van der Waals surface area contributed by atoms with E-state index in [1.165, 1.54) is 6.07 Å². The second-order valence-corrected chi connectivity index (χ2v) is 5.61. The van der Waals surface area contributed by atoms with Gasteiger partial charge in [0.15, 0.2) is 0 Å². The number of aliphatic hydroxyl groups is 1. The van der Waals surface area contributed by atoms with Crippen LogP contribution in [0.4, 0.5) is 8.78 Å². The highest BCUT2D eigenvalue weighted by Crippen LogP contribution is 2.17. The van der Waals surface area contributed by atoms with E-state index in [0.29, 0.717) is 6.07 Å². The van der Waals surface area contributed by atoms with Gasteiger partial charge in [0.1, 0.15) is 11.6 Å². The van der Waals surface area contributed by atoms with Crippen molar-refractivity contribution in [2.24, 2.45) is 0 Å². The Balaban J connectivity index is 2.44. The summed E-state index contributed by atoms with van der Waals surface area (Å²) in [6, 6.07) is 2.98. The first-order valence-electron chi connectivity index (χ1n) is 6.34. The van der Waals surface area contributed by atoms with E-state index in [1.54, 1.807) is 0 Å². The number of nitrogens with one attached hydrogen (secondary N) is 2. The van der Waals surface area contributed by atoms with Gasteiger partial charge < -0.3 is 15.7 Å². The smallest absolute Gasteiger partial charge is 0.234 e. The number of rotatable bonds is 5. The van der Waals surface area contributed by atoms with E-state index in [0.717, 1.165) is 6.07 Å². The van der Waals surface area contributed by atoms with E-state index in [4.69, 9.17) is 0 Å². The van der Waals surface area contributed by atoms with Crippen LogP contribution in [-0.2, 0) is 4.79 Å². The molecule has 6 heteroatoms. The summed E-state index contributed by atoms with van der Waals surface area (Å²) in [5, 5.41) is 15.3. The molecule has 0 radical (unpaired) electrons. The quantitative estimate of drug-likeness (QED) is 0.769. The zero-order valence-electron chi connectivity index (χ0n) is 11.8. The first-order valence-corrected chi connectivity index (χ1v) is 6.34. The predicted octanol–water partition coefficient (Wildman–Crippen LogP) is 1.50. The van der Waals surface area contributed by atoms with Crippen LogP contribution in [0.25, 0.3) is 0 Å². The van der Waals surface area contributed by atoms with Gasteiger partial charge in [-0.2, -0.15) is 0 Å². The first kappa shape index (κ1) is 16.5.